The van der Waals surface area contributed by atoms with Crippen molar-refractivity contribution >= 4 is 0 Å². The summed E-state index contributed by atoms with van der Waals surface area (Å²) in [6.45, 7) is 2.10. The molecule has 88 valence electrons. The number of piperidine rings is 1. The van der Waals surface area contributed by atoms with Crippen LogP contribution in [-0.2, 0) is 6.42 Å². The maximum atomic E-state index is 13.8. The number of hydrogen-bond acceptors (Lipinski definition) is 1. The Morgan fingerprint density at radius 1 is 1.31 bits per heavy atom. The third-order valence-corrected chi connectivity index (χ3v) is 3.29. The third kappa shape index (κ3) is 3.60. The molecule has 1 nitrogen and oxygen atoms in total. The first-order valence-electron chi connectivity index (χ1n) is 6.23. The summed E-state index contributed by atoms with van der Waals surface area (Å²) < 4.78 is 13.8. The van der Waals surface area contributed by atoms with Gasteiger partial charge in [-0.25, -0.2) is 4.39 Å². The molecule has 0 radical (unpaired) electrons. The summed E-state index contributed by atoms with van der Waals surface area (Å²) in [5, 5.41) is 3.34. The molecule has 2 heteroatoms. The summed E-state index contributed by atoms with van der Waals surface area (Å²) in [7, 11) is 0. The van der Waals surface area contributed by atoms with Crippen molar-refractivity contribution in [2.45, 2.75) is 31.9 Å². The second-order valence-electron chi connectivity index (χ2n) is 4.74. The molecule has 2 unspecified atom stereocenters. The second kappa shape index (κ2) is 6.00. The molecule has 1 saturated heterocycles. The highest BCUT2D eigenvalue weighted by molar-refractivity contribution is 5.15. The van der Waals surface area contributed by atoms with Crippen LogP contribution in [0.15, 0.2) is 30.3 Å². The molecular weight excluding hydrogens is 201 g/mol. The van der Waals surface area contributed by atoms with Crippen molar-refractivity contribution in [1.82, 2.24) is 5.32 Å². The van der Waals surface area contributed by atoms with Crippen LogP contribution in [0.1, 0.15) is 24.8 Å². The van der Waals surface area contributed by atoms with E-state index in [1.807, 2.05) is 30.3 Å². The van der Waals surface area contributed by atoms with Gasteiger partial charge >= 0.3 is 0 Å². The SMILES string of the molecule is FC(Cc1ccccc1)CC1CCCNC1. The van der Waals surface area contributed by atoms with Crippen LogP contribution in [0, 0.1) is 5.92 Å². The minimum absolute atomic E-state index is 0.535. The van der Waals surface area contributed by atoms with Crippen molar-refractivity contribution < 1.29 is 4.39 Å². The van der Waals surface area contributed by atoms with Gasteiger partial charge in [0, 0.05) is 6.42 Å². The van der Waals surface area contributed by atoms with Gasteiger partial charge in [0.1, 0.15) is 6.17 Å². The van der Waals surface area contributed by atoms with E-state index in [4.69, 9.17) is 0 Å². The average molecular weight is 221 g/mol. The molecule has 1 aromatic rings. The van der Waals surface area contributed by atoms with Crippen LogP contribution < -0.4 is 5.32 Å². The highest BCUT2D eigenvalue weighted by Gasteiger charge is 2.18. The summed E-state index contributed by atoms with van der Waals surface area (Å²) in [5.41, 5.74) is 1.11. The van der Waals surface area contributed by atoms with Crippen molar-refractivity contribution in [3.8, 4) is 0 Å². The molecule has 0 spiro atoms. The molecule has 1 aromatic carbocycles. The standard InChI is InChI=1S/C14H20FN/c15-14(9-12-5-2-1-3-6-12)10-13-7-4-8-16-11-13/h1-3,5-6,13-14,16H,4,7-11H2. The van der Waals surface area contributed by atoms with Crippen LogP contribution in [0.3, 0.4) is 0 Å². The molecule has 16 heavy (non-hydrogen) atoms. The van der Waals surface area contributed by atoms with Gasteiger partial charge in [-0.15, -0.1) is 0 Å². The molecule has 1 N–H and O–H groups in total. The van der Waals surface area contributed by atoms with Gasteiger partial charge in [-0.1, -0.05) is 30.3 Å². The summed E-state index contributed by atoms with van der Waals surface area (Å²) in [6.07, 6.45) is 2.97. The van der Waals surface area contributed by atoms with E-state index >= 15 is 0 Å². The molecule has 0 bridgehead atoms. The highest BCUT2D eigenvalue weighted by Crippen LogP contribution is 2.20. The van der Waals surface area contributed by atoms with E-state index in [1.54, 1.807) is 0 Å². The quantitative estimate of drug-likeness (QED) is 0.824. The lowest BCUT2D eigenvalue weighted by molar-refractivity contribution is 0.238. The van der Waals surface area contributed by atoms with Gasteiger partial charge in [0.05, 0.1) is 0 Å². The fourth-order valence-corrected chi connectivity index (χ4v) is 2.44. The van der Waals surface area contributed by atoms with Crippen LogP contribution >= 0.6 is 0 Å². The van der Waals surface area contributed by atoms with Crippen LogP contribution in [0.4, 0.5) is 4.39 Å². The zero-order valence-electron chi connectivity index (χ0n) is 9.66. The van der Waals surface area contributed by atoms with Crippen LogP contribution in [0.5, 0.6) is 0 Å². The smallest absolute Gasteiger partial charge is 0.104 e. The number of nitrogens with one attached hydrogen (secondary N) is 1. The Hall–Kier alpha value is -0.890. The van der Waals surface area contributed by atoms with Crippen molar-refractivity contribution in [2.24, 2.45) is 5.92 Å². The van der Waals surface area contributed by atoms with Crippen LogP contribution in [0.2, 0.25) is 0 Å². The van der Waals surface area contributed by atoms with Gasteiger partial charge in [0.25, 0.3) is 0 Å². The molecule has 0 aliphatic carbocycles. The van der Waals surface area contributed by atoms with E-state index in [0.717, 1.165) is 18.7 Å². The van der Waals surface area contributed by atoms with Crippen LogP contribution in [0.25, 0.3) is 0 Å². The first-order chi connectivity index (χ1) is 7.84. The first-order valence-corrected chi connectivity index (χ1v) is 6.23. The Balaban J connectivity index is 1.77. The Morgan fingerprint density at radius 2 is 2.12 bits per heavy atom. The zero-order chi connectivity index (χ0) is 11.2. The van der Waals surface area contributed by atoms with Gasteiger partial charge < -0.3 is 5.32 Å². The topological polar surface area (TPSA) is 12.0 Å². The lowest BCUT2D eigenvalue weighted by Crippen LogP contribution is -2.31. The molecule has 0 amide bonds. The second-order valence-corrected chi connectivity index (χ2v) is 4.74. The Labute approximate surface area is 97.1 Å². The van der Waals surface area contributed by atoms with E-state index < -0.39 is 6.17 Å². The molecule has 1 aliphatic rings. The molecule has 1 aliphatic heterocycles. The maximum absolute atomic E-state index is 13.8. The van der Waals surface area contributed by atoms with E-state index in [-0.39, 0.29) is 0 Å². The van der Waals surface area contributed by atoms with Crippen molar-refractivity contribution in [3.63, 3.8) is 0 Å². The Bertz CT molecular complexity index is 293. The van der Waals surface area contributed by atoms with Crippen molar-refractivity contribution in [1.29, 1.82) is 0 Å². The number of hydrogen-bond donors (Lipinski definition) is 1. The monoisotopic (exact) mass is 221 g/mol. The number of benzene rings is 1. The van der Waals surface area contributed by atoms with Gasteiger partial charge in [0.15, 0.2) is 0 Å². The van der Waals surface area contributed by atoms with E-state index in [9.17, 15) is 4.39 Å². The highest BCUT2D eigenvalue weighted by atomic mass is 19.1. The van der Waals surface area contributed by atoms with Gasteiger partial charge in [-0.2, -0.15) is 0 Å². The molecule has 2 rings (SSSR count). The van der Waals surface area contributed by atoms with Crippen molar-refractivity contribution in [2.75, 3.05) is 13.1 Å². The third-order valence-electron chi connectivity index (χ3n) is 3.29. The predicted octanol–water partition coefficient (Wildman–Crippen LogP) is 2.96. The van der Waals surface area contributed by atoms with E-state index in [2.05, 4.69) is 5.32 Å². The summed E-state index contributed by atoms with van der Waals surface area (Å²) in [4.78, 5) is 0. The zero-order valence-corrected chi connectivity index (χ0v) is 9.66. The average Bonchev–Trinajstić information content (AvgIpc) is 2.31. The number of rotatable bonds is 4. The fourth-order valence-electron chi connectivity index (χ4n) is 2.44. The fraction of sp³-hybridized carbons (Fsp3) is 0.571. The number of halogens is 1. The summed E-state index contributed by atoms with van der Waals surface area (Å²) in [6, 6.07) is 9.94. The maximum Gasteiger partial charge on any atom is 0.104 e. The van der Waals surface area contributed by atoms with E-state index in [0.29, 0.717) is 18.8 Å². The number of alkyl halides is 1. The Kier molecular flexibility index (Phi) is 4.34. The van der Waals surface area contributed by atoms with Crippen LogP contribution in [-0.4, -0.2) is 19.3 Å². The van der Waals surface area contributed by atoms with Gasteiger partial charge in [-0.05, 0) is 43.8 Å². The Morgan fingerprint density at radius 3 is 2.81 bits per heavy atom. The largest absolute Gasteiger partial charge is 0.316 e. The van der Waals surface area contributed by atoms with Gasteiger partial charge in [0.2, 0.25) is 0 Å². The molecule has 0 saturated carbocycles. The van der Waals surface area contributed by atoms with Crippen molar-refractivity contribution in [3.05, 3.63) is 35.9 Å². The summed E-state index contributed by atoms with van der Waals surface area (Å²) >= 11 is 0. The lowest BCUT2D eigenvalue weighted by Gasteiger charge is -2.24. The molecule has 1 heterocycles. The molecule has 0 aromatic heterocycles. The molecule has 1 fully saturated rings. The molecular formula is C14H20FN. The first kappa shape index (κ1) is 11.6. The predicted molar refractivity (Wildman–Crippen MR) is 65.3 cm³/mol. The minimum Gasteiger partial charge on any atom is -0.316 e. The minimum atomic E-state index is -0.688. The lowest BCUT2D eigenvalue weighted by atomic mass is 9.92. The molecule has 2 atom stereocenters. The van der Waals surface area contributed by atoms with E-state index in [1.165, 1.54) is 12.8 Å². The van der Waals surface area contributed by atoms with Gasteiger partial charge in [-0.3, -0.25) is 0 Å². The summed E-state index contributed by atoms with van der Waals surface area (Å²) in [5.74, 6) is 0.535. The normalized spacial score (nSPS) is 22.9.